The number of nitrogens with zero attached hydrogens (tertiary/aromatic N) is 2. The van der Waals surface area contributed by atoms with E-state index < -0.39 is 33.9 Å². The Morgan fingerprint density at radius 3 is 2.47 bits per heavy atom. The first-order valence-corrected chi connectivity index (χ1v) is 16.8. The fourth-order valence-corrected chi connectivity index (χ4v) is 6.04. The molecule has 1 aliphatic heterocycles. The Bertz CT molecular complexity index is 1390. The zero-order valence-electron chi connectivity index (χ0n) is 27.0. The van der Waals surface area contributed by atoms with E-state index in [1.807, 2.05) is 27.7 Å². The molecule has 45 heavy (non-hydrogen) atoms. The zero-order valence-corrected chi connectivity index (χ0v) is 27.8. The van der Waals surface area contributed by atoms with Crippen LogP contribution in [0, 0.1) is 11.7 Å². The third-order valence-corrected chi connectivity index (χ3v) is 9.04. The Kier molecular flexibility index (Phi) is 13.0. The lowest BCUT2D eigenvalue weighted by Crippen LogP contribution is -2.49. The van der Waals surface area contributed by atoms with Crippen LogP contribution in [-0.4, -0.2) is 92.9 Å². The lowest BCUT2D eigenvalue weighted by Gasteiger charge is -2.36. The van der Waals surface area contributed by atoms with Gasteiger partial charge in [0, 0.05) is 44.4 Å². The average molecular weight is 651 g/mol. The normalized spacial score (nSPS) is 20.9. The van der Waals surface area contributed by atoms with Crippen molar-refractivity contribution < 1.29 is 37.0 Å². The van der Waals surface area contributed by atoms with E-state index in [-0.39, 0.29) is 59.1 Å². The second-order valence-electron chi connectivity index (χ2n) is 12.1. The van der Waals surface area contributed by atoms with Crippen molar-refractivity contribution in [1.82, 2.24) is 15.1 Å². The molecular formula is C32H47FN4O7S. The molecule has 0 saturated heterocycles. The first kappa shape index (κ1) is 36.1. The van der Waals surface area contributed by atoms with Crippen LogP contribution in [0.4, 0.5) is 14.9 Å². The molecule has 0 bridgehead atoms. The Hall–Kier alpha value is -3.42. The molecule has 11 nitrogen and oxygen atoms in total. The number of fused-ring (bicyclic) bond motifs is 1. The molecule has 2 aromatic rings. The highest BCUT2D eigenvalue weighted by molar-refractivity contribution is 7.92. The molecule has 250 valence electrons. The number of aliphatic hydroxyl groups excluding tert-OH is 1. The third kappa shape index (κ3) is 10.3. The summed E-state index contributed by atoms with van der Waals surface area (Å²) in [6, 6.07) is 8.03. The molecule has 1 heterocycles. The van der Waals surface area contributed by atoms with Gasteiger partial charge in [-0.1, -0.05) is 6.92 Å². The lowest BCUT2D eigenvalue weighted by molar-refractivity contribution is -0.0122. The van der Waals surface area contributed by atoms with Crippen molar-refractivity contribution in [2.45, 2.75) is 83.1 Å². The van der Waals surface area contributed by atoms with Gasteiger partial charge in [0.2, 0.25) is 0 Å². The van der Waals surface area contributed by atoms with E-state index in [0.717, 1.165) is 37.1 Å². The van der Waals surface area contributed by atoms with E-state index in [0.29, 0.717) is 19.6 Å². The molecule has 1 aliphatic rings. The molecule has 0 unspecified atom stereocenters. The standard InChI is InChI=1S/C32H47FN4O7S/c1-21(2)34-32(40)36(6)19-30-22(3)18-37(23(4)20-38)31(39)28-17-26(35-45(41,42)27-13-10-25(33)11-14-27)12-15-29(28)44-24(5)9-7-8-16-43-30/h10-15,17,21-24,30,35,38H,7-9,16,18-20H2,1-6H3,(H,34,40)/t22-,23+,24+,30-/m0/s1. The minimum Gasteiger partial charge on any atom is -0.490 e. The van der Waals surface area contributed by atoms with Gasteiger partial charge in [-0.15, -0.1) is 0 Å². The van der Waals surface area contributed by atoms with Crippen LogP contribution in [0.1, 0.15) is 64.2 Å². The molecule has 0 aliphatic carbocycles. The van der Waals surface area contributed by atoms with Crippen molar-refractivity contribution in [2.24, 2.45) is 5.92 Å². The summed E-state index contributed by atoms with van der Waals surface area (Å²) in [7, 11) is -2.39. The lowest BCUT2D eigenvalue weighted by atomic mass is 10.0. The first-order chi connectivity index (χ1) is 21.2. The third-order valence-electron chi connectivity index (χ3n) is 7.64. The van der Waals surface area contributed by atoms with E-state index in [1.165, 1.54) is 17.0 Å². The molecule has 0 radical (unpaired) electrons. The number of carbonyl (C=O) groups excluding carboxylic acids is 2. The van der Waals surface area contributed by atoms with Gasteiger partial charge >= 0.3 is 6.03 Å². The number of hydrogen-bond acceptors (Lipinski definition) is 7. The van der Waals surface area contributed by atoms with Crippen LogP contribution in [0.3, 0.4) is 0 Å². The molecule has 0 fully saturated rings. The highest BCUT2D eigenvalue weighted by Crippen LogP contribution is 2.29. The fraction of sp³-hybridized carbons (Fsp3) is 0.562. The maximum atomic E-state index is 14.2. The number of rotatable bonds is 8. The number of amides is 3. The van der Waals surface area contributed by atoms with Gasteiger partial charge in [0.25, 0.3) is 15.9 Å². The van der Waals surface area contributed by atoms with Crippen molar-refractivity contribution in [1.29, 1.82) is 0 Å². The Morgan fingerprint density at radius 2 is 1.82 bits per heavy atom. The van der Waals surface area contributed by atoms with Crippen LogP contribution in [0.15, 0.2) is 47.4 Å². The summed E-state index contributed by atoms with van der Waals surface area (Å²) in [5.74, 6) is -0.990. The van der Waals surface area contributed by atoms with Gasteiger partial charge in [-0.3, -0.25) is 9.52 Å². The highest BCUT2D eigenvalue weighted by atomic mass is 32.2. The second kappa shape index (κ2) is 16.2. The second-order valence-corrected chi connectivity index (χ2v) is 13.7. The summed E-state index contributed by atoms with van der Waals surface area (Å²) in [6.07, 6.45) is 1.60. The Balaban J connectivity index is 1.98. The molecular weight excluding hydrogens is 603 g/mol. The number of urea groups is 1. The molecule has 3 amide bonds. The quantitative estimate of drug-likeness (QED) is 0.383. The van der Waals surface area contributed by atoms with E-state index in [9.17, 15) is 27.5 Å². The Labute approximate surface area is 266 Å². The molecule has 0 saturated carbocycles. The van der Waals surface area contributed by atoms with Crippen LogP contribution in [0.2, 0.25) is 0 Å². The number of aliphatic hydroxyl groups is 1. The van der Waals surface area contributed by atoms with Crippen LogP contribution in [-0.2, 0) is 14.8 Å². The molecule has 0 spiro atoms. The molecule has 3 N–H and O–H groups in total. The van der Waals surface area contributed by atoms with E-state index in [1.54, 1.807) is 24.9 Å². The van der Waals surface area contributed by atoms with E-state index >= 15 is 0 Å². The topological polar surface area (TPSA) is 138 Å². The zero-order chi connectivity index (χ0) is 33.3. The summed E-state index contributed by atoms with van der Waals surface area (Å²) < 4.78 is 54.5. The van der Waals surface area contributed by atoms with Crippen LogP contribution < -0.4 is 14.8 Å². The number of sulfonamides is 1. The summed E-state index contributed by atoms with van der Waals surface area (Å²) >= 11 is 0. The number of hydrogen-bond donors (Lipinski definition) is 3. The number of benzene rings is 2. The monoisotopic (exact) mass is 650 g/mol. The molecule has 0 aromatic heterocycles. The van der Waals surface area contributed by atoms with Gasteiger partial charge in [-0.2, -0.15) is 0 Å². The number of ether oxygens (including phenoxy) is 2. The summed E-state index contributed by atoms with van der Waals surface area (Å²) in [5.41, 5.74) is 0.240. The van der Waals surface area contributed by atoms with Crippen molar-refractivity contribution in [3.05, 3.63) is 53.8 Å². The van der Waals surface area contributed by atoms with E-state index in [2.05, 4.69) is 10.0 Å². The SMILES string of the molecule is CC(C)NC(=O)N(C)C[C@@H]1OCCCC[C@@H](C)Oc2ccc(NS(=O)(=O)c3ccc(F)cc3)cc2C(=O)N([C@H](C)CO)C[C@@H]1C. The first-order valence-electron chi connectivity index (χ1n) is 15.4. The summed E-state index contributed by atoms with van der Waals surface area (Å²) in [5, 5.41) is 13.0. The van der Waals surface area contributed by atoms with Crippen LogP contribution >= 0.6 is 0 Å². The van der Waals surface area contributed by atoms with Gasteiger partial charge in [-0.25, -0.2) is 17.6 Å². The van der Waals surface area contributed by atoms with Gasteiger partial charge < -0.3 is 29.7 Å². The molecule has 13 heteroatoms. The minimum absolute atomic E-state index is 0.0323. The average Bonchev–Trinajstić information content (AvgIpc) is 2.98. The van der Waals surface area contributed by atoms with Crippen molar-refractivity contribution in [2.75, 3.05) is 38.1 Å². The number of likely N-dealkylation sites (N-methyl/N-ethyl adjacent to an activating group) is 1. The van der Waals surface area contributed by atoms with Gasteiger partial charge in [0.15, 0.2) is 0 Å². The number of nitrogens with one attached hydrogen (secondary N) is 2. The maximum Gasteiger partial charge on any atom is 0.317 e. The number of anilines is 1. The summed E-state index contributed by atoms with van der Waals surface area (Å²) in [4.78, 5) is 29.9. The number of halogens is 1. The van der Waals surface area contributed by atoms with Crippen molar-refractivity contribution in [3.8, 4) is 5.75 Å². The van der Waals surface area contributed by atoms with Crippen molar-refractivity contribution >= 4 is 27.6 Å². The predicted molar refractivity (Wildman–Crippen MR) is 170 cm³/mol. The molecule has 2 aromatic carbocycles. The van der Waals surface area contributed by atoms with Crippen LogP contribution in [0.25, 0.3) is 0 Å². The fourth-order valence-electron chi connectivity index (χ4n) is 4.99. The van der Waals surface area contributed by atoms with Gasteiger partial charge in [0.05, 0.1) is 35.3 Å². The largest absolute Gasteiger partial charge is 0.490 e. The predicted octanol–water partition coefficient (Wildman–Crippen LogP) is 4.47. The van der Waals surface area contributed by atoms with Crippen LogP contribution in [0.5, 0.6) is 5.75 Å². The van der Waals surface area contributed by atoms with Crippen molar-refractivity contribution in [3.63, 3.8) is 0 Å². The molecule has 3 rings (SSSR count). The minimum atomic E-state index is -4.09. The highest BCUT2D eigenvalue weighted by Gasteiger charge is 2.31. The summed E-state index contributed by atoms with van der Waals surface area (Å²) in [6.45, 7) is 9.95. The smallest absolute Gasteiger partial charge is 0.317 e. The maximum absolute atomic E-state index is 14.2. The van der Waals surface area contributed by atoms with Gasteiger partial charge in [0.1, 0.15) is 11.6 Å². The Morgan fingerprint density at radius 1 is 1.13 bits per heavy atom. The van der Waals surface area contributed by atoms with E-state index in [4.69, 9.17) is 9.47 Å². The van der Waals surface area contributed by atoms with Gasteiger partial charge in [-0.05, 0) is 89.4 Å². The number of carbonyl (C=O) groups is 2. The molecule has 4 atom stereocenters.